The number of allylic oxidation sites excluding steroid dienone is 8. The van der Waals surface area contributed by atoms with E-state index in [1.54, 1.807) is 31.1 Å². The van der Waals surface area contributed by atoms with E-state index in [-0.39, 0.29) is 11.7 Å². The van der Waals surface area contributed by atoms with E-state index in [4.69, 9.17) is 0 Å². The summed E-state index contributed by atoms with van der Waals surface area (Å²) in [6.45, 7) is 10.6. The minimum atomic E-state index is -0.281. The Morgan fingerprint density at radius 2 is 1.59 bits per heavy atom. The van der Waals surface area contributed by atoms with Crippen LogP contribution >= 0.6 is 0 Å². The summed E-state index contributed by atoms with van der Waals surface area (Å²) in [7, 11) is 3.13. The quantitative estimate of drug-likeness (QED) is 0.232. The van der Waals surface area contributed by atoms with Crippen molar-refractivity contribution in [2.75, 3.05) is 19.0 Å². The molecule has 0 aromatic carbocycles. The van der Waals surface area contributed by atoms with Crippen LogP contribution in [0.4, 0.5) is 5.82 Å². The number of carbonyl (C=O) groups is 3. The smallest absolute Gasteiger partial charge is 0.271 e. The number of aromatic nitrogens is 2. The predicted octanol–water partition coefficient (Wildman–Crippen LogP) is 5.16. The lowest BCUT2D eigenvalue weighted by atomic mass is 10.0. The van der Waals surface area contributed by atoms with Crippen molar-refractivity contribution in [1.82, 2.24) is 14.9 Å². The van der Waals surface area contributed by atoms with Crippen LogP contribution in [-0.4, -0.2) is 41.7 Å². The lowest BCUT2D eigenvalue weighted by Crippen LogP contribution is -2.25. The Kier molecular flexibility index (Phi) is 12.6. The summed E-state index contributed by atoms with van der Waals surface area (Å²) in [4.78, 5) is 40.7. The highest BCUT2D eigenvalue weighted by atomic mass is 16.2. The molecule has 2 amide bonds. The van der Waals surface area contributed by atoms with Gasteiger partial charge >= 0.3 is 0 Å². The average Bonchev–Trinajstić information content (AvgIpc) is 3.19. The molecule has 0 aliphatic heterocycles. The maximum atomic E-state index is 12.3. The van der Waals surface area contributed by atoms with E-state index < -0.39 is 0 Å². The third-order valence-electron chi connectivity index (χ3n) is 5.35. The van der Waals surface area contributed by atoms with Crippen LogP contribution in [-0.2, 0) is 16.1 Å². The normalized spacial score (nSPS) is 12.4. The Balaban J connectivity index is 2.59. The van der Waals surface area contributed by atoms with Crippen molar-refractivity contribution >= 4 is 23.9 Å². The van der Waals surface area contributed by atoms with Crippen LogP contribution in [0.3, 0.4) is 0 Å². The molecule has 0 saturated carbocycles. The fourth-order valence-electron chi connectivity index (χ4n) is 3.44. The van der Waals surface area contributed by atoms with Crippen molar-refractivity contribution in [2.45, 2.75) is 73.3 Å². The van der Waals surface area contributed by atoms with Gasteiger partial charge in [0, 0.05) is 27.1 Å². The van der Waals surface area contributed by atoms with E-state index in [9.17, 15) is 14.4 Å². The summed E-state index contributed by atoms with van der Waals surface area (Å²) in [5.41, 5.74) is 5.08. The number of hydrogen-bond donors (Lipinski definition) is 1. The molecule has 0 bridgehead atoms. The summed E-state index contributed by atoms with van der Waals surface area (Å²) < 4.78 is 1.75. The Hall–Kier alpha value is -3.22. The molecule has 0 saturated heterocycles. The highest BCUT2D eigenvalue weighted by Crippen LogP contribution is 2.18. The van der Waals surface area contributed by atoms with Crippen molar-refractivity contribution < 1.29 is 14.4 Å². The molecular formula is C27H40N4O3. The molecule has 1 aromatic heterocycles. The van der Waals surface area contributed by atoms with Gasteiger partial charge in [0.05, 0.1) is 6.33 Å². The second kappa shape index (κ2) is 14.8. The van der Waals surface area contributed by atoms with Gasteiger partial charge < -0.3 is 14.8 Å². The van der Waals surface area contributed by atoms with Gasteiger partial charge in [-0.3, -0.25) is 14.4 Å². The average molecular weight is 469 g/mol. The van der Waals surface area contributed by atoms with Crippen molar-refractivity contribution in [3.63, 3.8) is 0 Å². The van der Waals surface area contributed by atoms with Crippen molar-refractivity contribution in [3.05, 3.63) is 58.6 Å². The van der Waals surface area contributed by atoms with E-state index in [0.29, 0.717) is 30.9 Å². The first-order valence-electron chi connectivity index (χ1n) is 11.7. The van der Waals surface area contributed by atoms with Gasteiger partial charge in [-0.1, -0.05) is 40.5 Å². The third-order valence-corrected chi connectivity index (χ3v) is 5.35. The topological polar surface area (TPSA) is 84.3 Å². The number of anilines is 1. The third kappa shape index (κ3) is 10.1. The maximum absolute atomic E-state index is 12.3. The highest BCUT2D eigenvalue weighted by Gasteiger charge is 2.20. The van der Waals surface area contributed by atoms with Gasteiger partial charge in [-0.25, -0.2) is 4.98 Å². The molecule has 7 nitrogen and oxygen atoms in total. The molecule has 7 heteroatoms. The second-order valence-electron chi connectivity index (χ2n) is 8.96. The molecule has 1 rings (SSSR count). The van der Waals surface area contributed by atoms with Crippen LogP contribution < -0.4 is 10.2 Å². The van der Waals surface area contributed by atoms with Crippen LogP contribution in [0.2, 0.25) is 0 Å². The van der Waals surface area contributed by atoms with Crippen LogP contribution in [0.1, 0.15) is 77.2 Å². The van der Waals surface area contributed by atoms with Gasteiger partial charge in [-0.2, -0.15) is 0 Å². The van der Waals surface area contributed by atoms with Crippen LogP contribution in [0.15, 0.2) is 52.9 Å². The van der Waals surface area contributed by atoms with Crippen molar-refractivity contribution in [2.24, 2.45) is 0 Å². The molecule has 0 fully saturated rings. The van der Waals surface area contributed by atoms with Crippen molar-refractivity contribution in [3.8, 4) is 0 Å². The molecular weight excluding hydrogens is 428 g/mol. The SMILES string of the molecule is CNC(=O)c1c(N(C)C=O)ncn1C/C=C(\C)CC/C=C(\C)CC/C=C(\C)CC(=O)C=C(C)C. The molecule has 0 unspecified atom stereocenters. The standard InChI is InChI=1S/C27H40N4O3/c1-20(2)16-24(33)17-23(5)13-9-11-21(3)10-8-12-22(4)14-15-31-18-29-26(30(7)19-32)25(31)27(34)28-6/h10,13-14,16,18-19H,8-9,11-12,15,17H2,1-7H3,(H,28,34)/b21-10+,22-14+,23-13+. The first-order chi connectivity index (χ1) is 16.1. The predicted molar refractivity (Wildman–Crippen MR) is 139 cm³/mol. The Morgan fingerprint density at radius 1 is 1.00 bits per heavy atom. The Bertz CT molecular complexity index is 976. The number of amides is 2. The largest absolute Gasteiger partial charge is 0.354 e. The molecule has 1 heterocycles. The number of nitrogens with one attached hydrogen (secondary N) is 1. The summed E-state index contributed by atoms with van der Waals surface area (Å²) in [5.74, 6) is 0.217. The zero-order valence-electron chi connectivity index (χ0n) is 21.8. The molecule has 34 heavy (non-hydrogen) atoms. The van der Waals surface area contributed by atoms with Gasteiger partial charge in [-0.15, -0.1) is 0 Å². The fourth-order valence-corrected chi connectivity index (χ4v) is 3.44. The summed E-state index contributed by atoms with van der Waals surface area (Å²) >= 11 is 0. The van der Waals surface area contributed by atoms with Gasteiger partial charge in [0.25, 0.3) is 5.91 Å². The zero-order chi connectivity index (χ0) is 25.7. The van der Waals surface area contributed by atoms with E-state index in [1.807, 2.05) is 20.8 Å². The maximum Gasteiger partial charge on any atom is 0.271 e. The molecule has 1 aromatic rings. The highest BCUT2D eigenvalue weighted by molar-refractivity contribution is 5.99. The number of nitrogens with zero attached hydrogens (tertiary/aromatic N) is 3. The second-order valence-corrected chi connectivity index (χ2v) is 8.96. The lowest BCUT2D eigenvalue weighted by Gasteiger charge is -2.11. The van der Waals surface area contributed by atoms with Crippen LogP contribution in [0, 0.1) is 0 Å². The molecule has 186 valence electrons. The molecule has 1 N–H and O–H groups in total. The molecule has 0 aliphatic carbocycles. The van der Waals surface area contributed by atoms with Crippen molar-refractivity contribution in [1.29, 1.82) is 0 Å². The molecule has 0 radical (unpaired) electrons. The fraction of sp³-hybridized carbons (Fsp3) is 0.481. The van der Waals surface area contributed by atoms with Gasteiger partial charge in [0.1, 0.15) is 0 Å². The Labute approximate surface area is 204 Å². The number of carbonyl (C=O) groups excluding carboxylic acids is 3. The van der Waals surface area contributed by atoms with E-state index in [0.717, 1.165) is 36.8 Å². The van der Waals surface area contributed by atoms with Gasteiger partial charge in [-0.05, 0) is 66.4 Å². The van der Waals surface area contributed by atoms with E-state index in [2.05, 4.69) is 42.4 Å². The number of ketones is 1. The summed E-state index contributed by atoms with van der Waals surface area (Å²) in [6, 6.07) is 0. The molecule has 0 spiro atoms. The summed E-state index contributed by atoms with van der Waals surface area (Å²) in [6.07, 6.45) is 14.7. The van der Waals surface area contributed by atoms with E-state index >= 15 is 0 Å². The van der Waals surface area contributed by atoms with Gasteiger partial charge in [0.2, 0.25) is 6.41 Å². The lowest BCUT2D eigenvalue weighted by molar-refractivity contribution is -0.114. The molecule has 0 aliphatic rings. The van der Waals surface area contributed by atoms with Crippen LogP contribution in [0.25, 0.3) is 0 Å². The first kappa shape index (κ1) is 28.8. The first-order valence-corrected chi connectivity index (χ1v) is 11.7. The number of rotatable bonds is 14. The van der Waals surface area contributed by atoms with E-state index in [1.165, 1.54) is 16.0 Å². The summed E-state index contributed by atoms with van der Waals surface area (Å²) in [5, 5.41) is 2.61. The zero-order valence-corrected chi connectivity index (χ0v) is 21.8. The minimum Gasteiger partial charge on any atom is -0.354 e. The van der Waals surface area contributed by atoms with Gasteiger partial charge in [0.15, 0.2) is 17.3 Å². The minimum absolute atomic E-state index is 0.161. The number of hydrogen-bond acceptors (Lipinski definition) is 4. The number of imidazole rings is 1. The van der Waals surface area contributed by atoms with Crippen LogP contribution in [0.5, 0.6) is 0 Å². The Morgan fingerprint density at radius 3 is 2.15 bits per heavy atom. The molecule has 0 atom stereocenters. The monoisotopic (exact) mass is 468 g/mol.